The van der Waals surface area contributed by atoms with Crippen LogP contribution in [0.2, 0.25) is 0 Å². The van der Waals surface area contributed by atoms with Crippen molar-refractivity contribution < 1.29 is 14.3 Å². The average molecular weight is 408 g/mol. The number of nitriles is 1. The quantitative estimate of drug-likeness (QED) is 0.705. The van der Waals surface area contributed by atoms with Gasteiger partial charge in [0, 0.05) is 10.5 Å². The molecule has 2 aromatic rings. The number of thiazole rings is 1. The van der Waals surface area contributed by atoms with Gasteiger partial charge in [-0.15, -0.1) is 11.3 Å². The van der Waals surface area contributed by atoms with E-state index < -0.39 is 17.4 Å². The SMILES string of the molecule is COC(=O)/C=c1\s/c(=C(/C#N)C(N)=O)n(-c2ccc(Br)cc2)c1=O. The van der Waals surface area contributed by atoms with E-state index in [-0.39, 0.29) is 14.8 Å². The summed E-state index contributed by atoms with van der Waals surface area (Å²) in [6.45, 7) is 0. The molecule has 0 aliphatic heterocycles. The van der Waals surface area contributed by atoms with Crippen LogP contribution in [-0.2, 0) is 14.3 Å². The molecule has 122 valence electrons. The molecule has 1 aromatic heterocycles. The molecule has 1 amide bonds. The Hall–Kier alpha value is -2.70. The van der Waals surface area contributed by atoms with E-state index in [0.29, 0.717) is 5.69 Å². The Kier molecular flexibility index (Phi) is 5.33. The first-order valence-corrected chi connectivity index (χ1v) is 8.01. The lowest BCUT2D eigenvalue weighted by atomic mass is 10.3. The molecule has 0 aliphatic rings. The summed E-state index contributed by atoms with van der Waals surface area (Å²) in [7, 11) is 1.18. The van der Waals surface area contributed by atoms with E-state index in [0.717, 1.165) is 26.5 Å². The molecule has 0 unspecified atom stereocenters. The number of methoxy groups -OCH3 is 1. The van der Waals surface area contributed by atoms with E-state index in [1.165, 1.54) is 7.11 Å². The minimum absolute atomic E-state index is 0.0220. The van der Waals surface area contributed by atoms with Crippen LogP contribution in [0, 0.1) is 11.3 Å². The summed E-state index contributed by atoms with van der Waals surface area (Å²) in [5.41, 5.74) is 4.72. The number of halogens is 1. The van der Waals surface area contributed by atoms with E-state index in [1.54, 1.807) is 30.3 Å². The van der Waals surface area contributed by atoms with Crippen molar-refractivity contribution in [3.05, 3.63) is 48.3 Å². The first-order chi connectivity index (χ1) is 11.4. The summed E-state index contributed by atoms with van der Waals surface area (Å²) in [5, 5.41) is 9.19. The van der Waals surface area contributed by atoms with Crippen molar-refractivity contribution in [3.8, 4) is 11.8 Å². The zero-order chi connectivity index (χ0) is 17.9. The third-order valence-electron chi connectivity index (χ3n) is 2.93. The summed E-state index contributed by atoms with van der Waals surface area (Å²) in [5.74, 6) is -1.69. The third kappa shape index (κ3) is 3.45. The van der Waals surface area contributed by atoms with Gasteiger partial charge in [0.2, 0.25) is 0 Å². The van der Waals surface area contributed by atoms with Crippen molar-refractivity contribution in [2.45, 2.75) is 0 Å². The summed E-state index contributed by atoms with van der Waals surface area (Å²) in [6, 6.07) is 8.35. The van der Waals surface area contributed by atoms with Gasteiger partial charge in [0.05, 0.1) is 12.8 Å². The van der Waals surface area contributed by atoms with Crippen molar-refractivity contribution in [2.24, 2.45) is 5.73 Å². The van der Waals surface area contributed by atoms with E-state index in [1.807, 2.05) is 0 Å². The molecule has 24 heavy (non-hydrogen) atoms. The molecular formula is C15H10BrN3O4S. The number of nitrogens with two attached hydrogens (primary N) is 1. The van der Waals surface area contributed by atoms with E-state index >= 15 is 0 Å². The number of carbonyl (C=O) groups is 2. The van der Waals surface area contributed by atoms with Gasteiger partial charge in [0.25, 0.3) is 11.5 Å². The normalized spacial score (nSPS) is 12.5. The van der Waals surface area contributed by atoms with Crippen LogP contribution in [0.3, 0.4) is 0 Å². The van der Waals surface area contributed by atoms with Gasteiger partial charge in [0.1, 0.15) is 15.3 Å². The summed E-state index contributed by atoms with van der Waals surface area (Å²) < 4.78 is 6.53. The fraction of sp³-hybridized carbons (Fsp3) is 0.0667. The monoisotopic (exact) mass is 407 g/mol. The number of nitrogens with zero attached hydrogens (tertiary/aromatic N) is 2. The van der Waals surface area contributed by atoms with Crippen LogP contribution in [0.4, 0.5) is 0 Å². The van der Waals surface area contributed by atoms with E-state index in [4.69, 9.17) is 5.73 Å². The molecule has 0 aliphatic carbocycles. The second-order valence-corrected chi connectivity index (χ2v) is 6.35. The maximum atomic E-state index is 12.6. The summed E-state index contributed by atoms with van der Waals surface area (Å²) in [4.78, 5) is 35.5. The molecule has 0 saturated heterocycles. The predicted molar refractivity (Wildman–Crippen MR) is 91.6 cm³/mol. The highest BCUT2D eigenvalue weighted by Gasteiger charge is 2.15. The van der Waals surface area contributed by atoms with Crippen LogP contribution < -0.4 is 20.5 Å². The topological polar surface area (TPSA) is 115 Å². The molecule has 0 atom stereocenters. The molecule has 7 nitrogen and oxygen atoms in total. The molecule has 0 spiro atoms. The lowest BCUT2D eigenvalue weighted by Gasteiger charge is -2.02. The van der Waals surface area contributed by atoms with Crippen LogP contribution in [0.25, 0.3) is 17.3 Å². The predicted octanol–water partition coefficient (Wildman–Crippen LogP) is -0.225. The lowest BCUT2D eigenvalue weighted by Crippen LogP contribution is -2.32. The van der Waals surface area contributed by atoms with Crippen molar-refractivity contribution >= 4 is 50.8 Å². The van der Waals surface area contributed by atoms with Gasteiger partial charge in [0.15, 0.2) is 5.57 Å². The number of carbonyl (C=O) groups excluding carboxylic acids is 2. The van der Waals surface area contributed by atoms with Crippen molar-refractivity contribution in [2.75, 3.05) is 7.11 Å². The molecule has 1 aromatic carbocycles. The van der Waals surface area contributed by atoms with Crippen LogP contribution in [0.1, 0.15) is 0 Å². The molecular weight excluding hydrogens is 398 g/mol. The Morgan fingerprint density at radius 2 is 2.00 bits per heavy atom. The first kappa shape index (κ1) is 17.7. The Morgan fingerprint density at radius 1 is 1.38 bits per heavy atom. The van der Waals surface area contributed by atoms with Crippen molar-refractivity contribution in [3.63, 3.8) is 0 Å². The number of rotatable bonds is 3. The lowest BCUT2D eigenvalue weighted by molar-refractivity contribution is -0.133. The molecule has 2 rings (SSSR count). The fourth-order valence-corrected chi connectivity index (χ4v) is 3.18. The van der Waals surface area contributed by atoms with Gasteiger partial charge < -0.3 is 10.5 Å². The average Bonchev–Trinajstić information content (AvgIpc) is 2.85. The number of primary amides is 1. The maximum absolute atomic E-state index is 12.6. The number of amides is 1. The second kappa shape index (κ2) is 7.25. The fourth-order valence-electron chi connectivity index (χ4n) is 1.85. The minimum atomic E-state index is -0.964. The van der Waals surface area contributed by atoms with Crippen LogP contribution in [0.5, 0.6) is 0 Å². The van der Waals surface area contributed by atoms with Crippen LogP contribution in [-0.4, -0.2) is 23.6 Å². The number of hydrogen-bond donors (Lipinski definition) is 1. The molecule has 0 bridgehead atoms. The summed E-state index contributed by atoms with van der Waals surface area (Å²) in [6.07, 6.45) is 1.00. The second-order valence-electron chi connectivity index (χ2n) is 4.41. The van der Waals surface area contributed by atoms with Gasteiger partial charge in [-0.05, 0) is 24.3 Å². The molecule has 9 heteroatoms. The van der Waals surface area contributed by atoms with Crippen LogP contribution >= 0.6 is 27.3 Å². The van der Waals surface area contributed by atoms with E-state index in [2.05, 4.69) is 20.7 Å². The first-order valence-electron chi connectivity index (χ1n) is 6.40. The minimum Gasteiger partial charge on any atom is -0.466 e. The highest BCUT2D eigenvalue weighted by atomic mass is 79.9. The van der Waals surface area contributed by atoms with Gasteiger partial charge >= 0.3 is 5.97 Å². The van der Waals surface area contributed by atoms with Gasteiger partial charge in [-0.1, -0.05) is 15.9 Å². The Balaban J connectivity index is 2.97. The number of hydrogen-bond acceptors (Lipinski definition) is 6. The molecule has 2 N–H and O–H groups in total. The number of benzene rings is 1. The van der Waals surface area contributed by atoms with Crippen molar-refractivity contribution in [1.82, 2.24) is 4.57 Å². The van der Waals surface area contributed by atoms with Gasteiger partial charge in [-0.2, -0.15) is 5.26 Å². The smallest absolute Gasteiger partial charge is 0.332 e. The van der Waals surface area contributed by atoms with Gasteiger partial charge in [-0.3, -0.25) is 14.2 Å². The zero-order valence-corrected chi connectivity index (χ0v) is 14.7. The number of aromatic nitrogens is 1. The molecule has 1 heterocycles. The van der Waals surface area contributed by atoms with Crippen molar-refractivity contribution in [1.29, 1.82) is 5.26 Å². The maximum Gasteiger partial charge on any atom is 0.332 e. The zero-order valence-electron chi connectivity index (χ0n) is 12.3. The largest absolute Gasteiger partial charge is 0.466 e. The molecule has 0 saturated carbocycles. The highest BCUT2D eigenvalue weighted by Crippen LogP contribution is 2.12. The van der Waals surface area contributed by atoms with Crippen LogP contribution in [0.15, 0.2) is 33.5 Å². The Labute approximate surface area is 148 Å². The van der Waals surface area contributed by atoms with Gasteiger partial charge in [-0.25, -0.2) is 4.79 Å². The number of esters is 1. The molecule has 0 fully saturated rings. The highest BCUT2D eigenvalue weighted by molar-refractivity contribution is 9.10. The number of ether oxygens (including phenoxy) is 1. The van der Waals surface area contributed by atoms with E-state index in [9.17, 15) is 19.6 Å². The third-order valence-corrected chi connectivity index (χ3v) is 4.55. The Bertz CT molecular complexity index is 1030. The summed E-state index contributed by atoms with van der Waals surface area (Å²) >= 11 is 4.10. The Morgan fingerprint density at radius 3 is 2.50 bits per heavy atom. The molecule has 0 radical (unpaired) electrons. The standard InChI is InChI=1S/C15H10BrN3O4S/c1-23-12(20)6-11-14(22)19(9-4-2-8(16)3-5-9)15(24-11)10(7-17)13(18)21/h2-6H,1H3,(H2,18,21)/b11-6-,15-10-.